The minimum absolute atomic E-state index is 1.03. The summed E-state index contributed by atoms with van der Waals surface area (Å²) >= 11 is 0. The van der Waals surface area contributed by atoms with Crippen LogP contribution in [0.4, 0.5) is 0 Å². The molecule has 0 atom stereocenters. The third-order valence-corrected chi connectivity index (χ3v) is 2.57. The van der Waals surface area contributed by atoms with E-state index in [2.05, 4.69) is 31.4 Å². The molecule has 0 aromatic heterocycles. The molecule has 78 valence electrons. The van der Waals surface area contributed by atoms with Crippen molar-refractivity contribution in [2.75, 3.05) is 0 Å². The summed E-state index contributed by atoms with van der Waals surface area (Å²) in [6.07, 6.45) is 3.81. The first-order valence-electron chi connectivity index (χ1n) is 5.29. The van der Waals surface area contributed by atoms with Gasteiger partial charge in [0.05, 0.1) is 0 Å². The highest BCUT2D eigenvalue weighted by molar-refractivity contribution is 5.66. The second kappa shape index (κ2) is 4.63. The molecule has 0 N–H and O–H groups in total. The summed E-state index contributed by atoms with van der Waals surface area (Å²) in [5, 5.41) is 2.17. The van der Waals surface area contributed by atoms with E-state index in [4.69, 9.17) is 0 Å². The molecular formula is C16H14. The van der Waals surface area contributed by atoms with E-state index in [0.29, 0.717) is 0 Å². The standard InChI is InChI=1S/C16H14/c1-3-8-15-13(2)9-7-12-16(15)14-10-5-4-6-11-14/h3-12H,1-2H2/b15-8+. The first-order chi connectivity index (χ1) is 7.83. The number of hydrogen-bond donors (Lipinski definition) is 0. The lowest BCUT2D eigenvalue weighted by atomic mass is 10.0. The van der Waals surface area contributed by atoms with Gasteiger partial charge in [-0.15, -0.1) is 0 Å². The van der Waals surface area contributed by atoms with Gasteiger partial charge in [0.25, 0.3) is 0 Å². The highest BCUT2D eigenvalue weighted by Crippen LogP contribution is 2.12. The molecule has 0 heteroatoms. The van der Waals surface area contributed by atoms with Crippen molar-refractivity contribution in [1.29, 1.82) is 0 Å². The molecule has 0 nitrogen and oxygen atoms in total. The van der Waals surface area contributed by atoms with Gasteiger partial charge in [-0.25, -0.2) is 0 Å². The highest BCUT2D eigenvalue weighted by atomic mass is 14.0. The van der Waals surface area contributed by atoms with E-state index in [1.807, 2.05) is 36.4 Å². The molecule has 0 amide bonds. The zero-order chi connectivity index (χ0) is 11.4. The first kappa shape index (κ1) is 10.4. The topological polar surface area (TPSA) is 0 Å². The Morgan fingerprint density at radius 3 is 2.31 bits per heavy atom. The third-order valence-electron chi connectivity index (χ3n) is 2.57. The second-order valence-corrected chi connectivity index (χ2v) is 3.65. The second-order valence-electron chi connectivity index (χ2n) is 3.65. The molecule has 0 radical (unpaired) electrons. The van der Waals surface area contributed by atoms with E-state index in [-0.39, 0.29) is 0 Å². The lowest BCUT2D eigenvalue weighted by molar-refractivity contribution is 1.51. The SMILES string of the molecule is C=C/C=c1/c(-c2ccccc2)cccc1=C. The normalized spacial score (nSPS) is 11.4. The zero-order valence-electron chi connectivity index (χ0n) is 9.19. The summed E-state index contributed by atoms with van der Waals surface area (Å²) < 4.78 is 0. The van der Waals surface area contributed by atoms with Crippen LogP contribution in [-0.4, -0.2) is 0 Å². The first-order valence-corrected chi connectivity index (χ1v) is 5.29. The van der Waals surface area contributed by atoms with Gasteiger partial charge in [0.15, 0.2) is 0 Å². The molecule has 0 spiro atoms. The lowest BCUT2D eigenvalue weighted by Gasteiger charge is -2.02. The number of rotatable bonds is 2. The van der Waals surface area contributed by atoms with Crippen LogP contribution in [0, 0.1) is 0 Å². The van der Waals surface area contributed by atoms with E-state index in [0.717, 1.165) is 10.4 Å². The van der Waals surface area contributed by atoms with E-state index in [1.54, 1.807) is 6.08 Å². The van der Waals surface area contributed by atoms with Crippen LogP contribution in [0.25, 0.3) is 23.8 Å². The summed E-state index contributed by atoms with van der Waals surface area (Å²) in [6.45, 7) is 7.79. The molecule has 0 aliphatic carbocycles. The average molecular weight is 206 g/mol. The van der Waals surface area contributed by atoms with Crippen molar-refractivity contribution < 1.29 is 0 Å². The Morgan fingerprint density at radius 2 is 1.62 bits per heavy atom. The summed E-state index contributed by atoms with van der Waals surface area (Å²) in [7, 11) is 0. The third kappa shape index (κ3) is 1.96. The van der Waals surface area contributed by atoms with Gasteiger partial charge in [-0.05, 0) is 21.6 Å². The average Bonchev–Trinajstić information content (AvgIpc) is 2.33. The van der Waals surface area contributed by atoms with Gasteiger partial charge in [-0.1, -0.05) is 73.8 Å². The maximum absolute atomic E-state index is 4.05. The molecular weight excluding hydrogens is 192 g/mol. The van der Waals surface area contributed by atoms with Gasteiger partial charge in [0.2, 0.25) is 0 Å². The molecule has 2 rings (SSSR count). The Hall–Kier alpha value is -2.08. The van der Waals surface area contributed by atoms with Crippen LogP contribution in [0.2, 0.25) is 0 Å². The number of allylic oxidation sites excluding steroid dienone is 1. The number of hydrogen-bond acceptors (Lipinski definition) is 0. The van der Waals surface area contributed by atoms with Gasteiger partial charge in [-0.2, -0.15) is 0 Å². The van der Waals surface area contributed by atoms with E-state index in [1.165, 1.54) is 11.1 Å². The molecule has 2 aromatic rings. The molecule has 0 saturated heterocycles. The van der Waals surface area contributed by atoms with Crippen molar-refractivity contribution in [3.05, 3.63) is 71.6 Å². The van der Waals surface area contributed by atoms with Gasteiger partial charge in [-0.3, -0.25) is 0 Å². The quantitative estimate of drug-likeness (QED) is 0.708. The van der Waals surface area contributed by atoms with Gasteiger partial charge >= 0.3 is 0 Å². The predicted molar refractivity (Wildman–Crippen MR) is 71.3 cm³/mol. The smallest absolute Gasteiger partial charge is 0.0106 e. The predicted octanol–water partition coefficient (Wildman–Crippen LogP) is 2.73. The molecule has 0 fully saturated rings. The molecule has 0 bridgehead atoms. The minimum atomic E-state index is 1.03. The highest BCUT2D eigenvalue weighted by Gasteiger charge is 1.97. The van der Waals surface area contributed by atoms with Crippen LogP contribution in [0.15, 0.2) is 61.2 Å². The summed E-state index contributed by atoms with van der Waals surface area (Å²) in [5.41, 5.74) is 2.41. The van der Waals surface area contributed by atoms with Crippen molar-refractivity contribution in [3.8, 4) is 11.1 Å². The van der Waals surface area contributed by atoms with Crippen LogP contribution in [-0.2, 0) is 0 Å². The maximum Gasteiger partial charge on any atom is -0.0106 e. The van der Waals surface area contributed by atoms with Crippen LogP contribution in [0.3, 0.4) is 0 Å². The molecule has 0 aliphatic rings. The number of benzene rings is 2. The fourth-order valence-corrected chi connectivity index (χ4v) is 1.80. The van der Waals surface area contributed by atoms with Crippen LogP contribution < -0.4 is 10.4 Å². The monoisotopic (exact) mass is 206 g/mol. The summed E-state index contributed by atoms with van der Waals surface area (Å²) in [5.74, 6) is 0. The maximum atomic E-state index is 4.05. The fraction of sp³-hybridized carbons (Fsp3) is 0. The van der Waals surface area contributed by atoms with Crippen LogP contribution in [0.5, 0.6) is 0 Å². The van der Waals surface area contributed by atoms with E-state index in [9.17, 15) is 0 Å². The lowest BCUT2D eigenvalue weighted by Crippen LogP contribution is -2.24. The summed E-state index contributed by atoms with van der Waals surface area (Å²) in [6, 6.07) is 16.5. The minimum Gasteiger partial charge on any atom is -0.0990 e. The van der Waals surface area contributed by atoms with Gasteiger partial charge in [0.1, 0.15) is 0 Å². The molecule has 0 saturated carbocycles. The zero-order valence-corrected chi connectivity index (χ0v) is 9.19. The van der Waals surface area contributed by atoms with Crippen molar-refractivity contribution >= 4 is 12.7 Å². The van der Waals surface area contributed by atoms with E-state index < -0.39 is 0 Å². The molecule has 2 aromatic carbocycles. The molecule has 16 heavy (non-hydrogen) atoms. The summed E-state index contributed by atoms with van der Waals surface area (Å²) in [4.78, 5) is 0. The largest absolute Gasteiger partial charge is 0.0990 e. The van der Waals surface area contributed by atoms with Crippen molar-refractivity contribution in [2.45, 2.75) is 0 Å². The molecule has 0 unspecified atom stereocenters. The van der Waals surface area contributed by atoms with Crippen LogP contribution in [0.1, 0.15) is 0 Å². The Kier molecular flexibility index (Phi) is 3.02. The van der Waals surface area contributed by atoms with Crippen molar-refractivity contribution in [3.63, 3.8) is 0 Å². The van der Waals surface area contributed by atoms with Crippen molar-refractivity contribution in [1.82, 2.24) is 0 Å². The van der Waals surface area contributed by atoms with Crippen LogP contribution >= 0.6 is 0 Å². The fourth-order valence-electron chi connectivity index (χ4n) is 1.80. The van der Waals surface area contributed by atoms with Gasteiger partial charge in [0, 0.05) is 0 Å². The molecule has 0 aliphatic heterocycles. The Morgan fingerprint density at radius 1 is 0.875 bits per heavy atom. The van der Waals surface area contributed by atoms with Gasteiger partial charge < -0.3 is 0 Å². The van der Waals surface area contributed by atoms with Crippen molar-refractivity contribution in [2.24, 2.45) is 0 Å². The Balaban J connectivity index is 2.76. The molecule has 0 heterocycles. The Labute approximate surface area is 95.9 Å². The Bertz CT molecular complexity index is 592. The van der Waals surface area contributed by atoms with E-state index >= 15 is 0 Å².